The van der Waals surface area contributed by atoms with E-state index in [1.54, 1.807) is 12.1 Å². The quantitative estimate of drug-likeness (QED) is 0.697. The van der Waals surface area contributed by atoms with Gasteiger partial charge in [-0.05, 0) is 31.0 Å². The monoisotopic (exact) mass is 384 g/mol. The number of piperazine rings is 1. The van der Waals surface area contributed by atoms with E-state index in [-0.39, 0.29) is 30.5 Å². The van der Waals surface area contributed by atoms with E-state index in [0.717, 1.165) is 12.8 Å². The molecule has 3 N–H and O–H groups in total. The number of alkyl halides is 3. The molecule has 3 rings (SSSR count). The number of rotatable bonds is 6. The molecule has 0 spiro atoms. The van der Waals surface area contributed by atoms with Gasteiger partial charge < -0.3 is 16.0 Å². The summed E-state index contributed by atoms with van der Waals surface area (Å²) in [7, 11) is 0. The zero-order valence-corrected chi connectivity index (χ0v) is 14.8. The molecule has 1 aliphatic heterocycles. The maximum Gasteiger partial charge on any atom is 0.405 e. The number of carbonyl (C=O) groups is 2. The van der Waals surface area contributed by atoms with Crippen LogP contribution in [0, 0.1) is 5.92 Å². The Morgan fingerprint density at radius 3 is 2.56 bits per heavy atom. The van der Waals surface area contributed by atoms with Gasteiger partial charge in [0.2, 0.25) is 5.91 Å². The van der Waals surface area contributed by atoms with Crippen molar-refractivity contribution in [2.24, 2.45) is 5.92 Å². The van der Waals surface area contributed by atoms with Crippen LogP contribution in [0.25, 0.3) is 0 Å². The molecule has 9 heteroatoms. The highest BCUT2D eigenvalue weighted by Gasteiger charge is 2.43. The van der Waals surface area contributed by atoms with Crippen LogP contribution in [-0.2, 0) is 4.79 Å². The van der Waals surface area contributed by atoms with Crippen LogP contribution in [0.5, 0.6) is 0 Å². The van der Waals surface area contributed by atoms with Crippen LogP contribution in [0.3, 0.4) is 0 Å². The van der Waals surface area contributed by atoms with E-state index in [2.05, 4.69) is 16.0 Å². The Bertz CT molecular complexity index is 685. The van der Waals surface area contributed by atoms with Gasteiger partial charge in [0.15, 0.2) is 0 Å². The summed E-state index contributed by atoms with van der Waals surface area (Å²) in [6.45, 7) is 1.03. The number of benzene rings is 1. The van der Waals surface area contributed by atoms with Crippen molar-refractivity contribution >= 4 is 17.5 Å². The number of carbonyl (C=O) groups excluding carboxylic acids is 2. The number of nitrogens with one attached hydrogen (secondary N) is 3. The van der Waals surface area contributed by atoms with Crippen molar-refractivity contribution < 1.29 is 22.8 Å². The third kappa shape index (κ3) is 5.43. The molecule has 1 unspecified atom stereocenters. The molecule has 148 valence electrons. The Morgan fingerprint density at radius 1 is 1.22 bits per heavy atom. The first-order chi connectivity index (χ1) is 12.8. The molecule has 0 radical (unpaired) electrons. The second-order valence-corrected chi connectivity index (χ2v) is 6.90. The molecule has 1 aliphatic carbocycles. The molecule has 0 bridgehead atoms. The Hall–Kier alpha value is -2.13. The fourth-order valence-electron chi connectivity index (χ4n) is 3.07. The molecule has 0 aromatic heterocycles. The fraction of sp³-hybridized carbons (Fsp3) is 0.556. The molecule has 27 heavy (non-hydrogen) atoms. The number of hydrogen-bond donors (Lipinski definition) is 3. The molecule has 1 saturated heterocycles. The second-order valence-electron chi connectivity index (χ2n) is 6.90. The summed E-state index contributed by atoms with van der Waals surface area (Å²) in [6, 6.07) is 4.51. The predicted octanol–water partition coefficient (Wildman–Crippen LogP) is 1.60. The number of anilines is 1. The van der Waals surface area contributed by atoms with Gasteiger partial charge in [0.1, 0.15) is 6.04 Å². The van der Waals surface area contributed by atoms with Crippen molar-refractivity contribution in [1.29, 1.82) is 0 Å². The maximum absolute atomic E-state index is 13.4. The van der Waals surface area contributed by atoms with Crippen LogP contribution in [-0.4, -0.2) is 61.7 Å². The van der Waals surface area contributed by atoms with Crippen molar-refractivity contribution in [3.63, 3.8) is 0 Å². The van der Waals surface area contributed by atoms with Gasteiger partial charge in [0.05, 0.1) is 0 Å². The van der Waals surface area contributed by atoms with E-state index < -0.39 is 24.7 Å². The van der Waals surface area contributed by atoms with E-state index >= 15 is 0 Å². The Morgan fingerprint density at radius 2 is 1.93 bits per heavy atom. The van der Waals surface area contributed by atoms with Crippen molar-refractivity contribution in [3.05, 3.63) is 29.8 Å². The summed E-state index contributed by atoms with van der Waals surface area (Å²) < 4.78 is 40.2. The van der Waals surface area contributed by atoms with Gasteiger partial charge >= 0.3 is 6.18 Å². The van der Waals surface area contributed by atoms with Crippen LogP contribution < -0.4 is 16.0 Å². The molecule has 1 aromatic rings. The molecular formula is C18H23F3N4O2. The van der Waals surface area contributed by atoms with Crippen molar-refractivity contribution in [2.45, 2.75) is 25.1 Å². The first-order valence-corrected chi connectivity index (χ1v) is 9.05. The summed E-state index contributed by atoms with van der Waals surface area (Å²) >= 11 is 0. The van der Waals surface area contributed by atoms with E-state index in [0.29, 0.717) is 18.8 Å². The normalized spacial score (nSPS) is 19.4. The third-order valence-corrected chi connectivity index (χ3v) is 4.77. The minimum Gasteiger partial charge on any atom is -0.350 e. The lowest BCUT2D eigenvalue weighted by atomic mass is 10.1. The molecule has 1 atom stereocenters. The number of nitrogens with zero attached hydrogens (tertiary/aromatic N) is 1. The number of halogens is 3. The fourth-order valence-corrected chi connectivity index (χ4v) is 3.07. The van der Waals surface area contributed by atoms with Crippen LogP contribution in [0.15, 0.2) is 24.3 Å². The van der Waals surface area contributed by atoms with Crippen LogP contribution in [0.1, 0.15) is 23.2 Å². The van der Waals surface area contributed by atoms with E-state index in [1.165, 1.54) is 17.0 Å². The lowest BCUT2D eigenvalue weighted by molar-refractivity contribution is -0.183. The first-order valence-electron chi connectivity index (χ1n) is 9.05. The minimum absolute atomic E-state index is 0.0223. The highest BCUT2D eigenvalue weighted by Crippen LogP contribution is 2.30. The average molecular weight is 384 g/mol. The van der Waals surface area contributed by atoms with Crippen LogP contribution in [0.4, 0.5) is 18.9 Å². The molecule has 2 aliphatic rings. The summed E-state index contributed by atoms with van der Waals surface area (Å²) in [5.74, 6) is -0.667. The van der Waals surface area contributed by atoms with Gasteiger partial charge in [-0.3, -0.25) is 14.5 Å². The minimum atomic E-state index is -4.43. The Labute approximate surface area is 155 Å². The van der Waals surface area contributed by atoms with Gasteiger partial charge in [0, 0.05) is 49.9 Å². The van der Waals surface area contributed by atoms with Crippen molar-refractivity contribution in [2.75, 3.05) is 38.0 Å². The number of hydrogen-bond acceptors (Lipinski definition) is 4. The van der Waals surface area contributed by atoms with E-state index in [1.807, 2.05) is 0 Å². The SMILES string of the molecule is O=C(NCC(N1CCNCC1)C(F)(F)F)c1cccc(NC(=O)C2CC2)c1. The highest BCUT2D eigenvalue weighted by atomic mass is 19.4. The van der Waals surface area contributed by atoms with Crippen LogP contribution in [0.2, 0.25) is 0 Å². The lowest BCUT2D eigenvalue weighted by Gasteiger charge is -2.35. The molecule has 2 amide bonds. The van der Waals surface area contributed by atoms with Gasteiger partial charge in [0.25, 0.3) is 5.91 Å². The lowest BCUT2D eigenvalue weighted by Crippen LogP contribution is -2.57. The summed E-state index contributed by atoms with van der Waals surface area (Å²) in [4.78, 5) is 25.5. The van der Waals surface area contributed by atoms with Gasteiger partial charge in [-0.1, -0.05) is 6.07 Å². The molecule has 2 fully saturated rings. The third-order valence-electron chi connectivity index (χ3n) is 4.77. The first kappa shape index (κ1) is 19.6. The maximum atomic E-state index is 13.4. The van der Waals surface area contributed by atoms with Gasteiger partial charge in [-0.15, -0.1) is 0 Å². The van der Waals surface area contributed by atoms with Gasteiger partial charge in [-0.2, -0.15) is 13.2 Å². The van der Waals surface area contributed by atoms with Crippen molar-refractivity contribution in [1.82, 2.24) is 15.5 Å². The topological polar surface area (TPSA) is 73.5 Å². The smallest absolute Gasteiger partial charge is 0.350 e. The average Bonchev–Trinajstić information content (AvgIpc) is 3.47. The summed E-state index contributed by atoms with van der Waals surface area (Å²) in [5.41, 5.74) is 0.679. The zero-order chi connectivity index (χ0) is 19.4. The molecule has 6 nitrogen and oxygen atoms in total. The van der Waals surface area contributed by atoms with Crippen molar-refractivity contribution in [3.8, 4) is 0 Å². The second kappa shape index (κ2) is 8.26. The van der Waals surface area contributed by atoms with E-state index in [4.69, 9.17) is 0 Å². The summed E-state index contributed by atoms with van der Waals surface area (Å²) in [6.07, 6.45) is -2.71. The van der Waals surface area contributed by atoms with Gasteiger partial charge in [-0.25, -0.2) is 0 Å². The summed E-state index contributed by atoms with van der Waals surface area (Å²) in [5, 5.41) is 8.13. The highest BCUT2D eigenvalue weighted by molar-refractivity contribution is 5.98. The predicted molar refractivity (Wildman–Crippen MR) is 94.4 cm³/mol. The molecule has 1 aromatic carbocycles. The zero-order valence-electron chi connectivity index (χ0n) is 14.8. The molecular weight excluding hydrogens is 361 g/mol. The molecule has 1 heterocycles. The Balaban J connectivity index is 1.60. The Kier molecular flexibility index (Phi) is 6.01. The standard InChI is InChI=1S/C18H23F3N4O2/c19-18(20,21)15(25-8-6-22-7-9-25)11-23-16(26)13-2-1-3-14(10-13)24-17(27)12-4-5-12/h1-3,10,12,15,22H,4-9,11H2,(H,23,26)(H,24,27). The van der Waals surface area contributed by atoms with E-state index in [9.17, 15) is 22.8 Å². The molecule has 1 saturated carbocycles. The number of amides is 2. The van der Waals surface area contributed by atoms with Crippen LogP contribution >= 0.6 is 0 Å². The largest absolute Gasteiger partial charge is 0.405 e.